The monoisotopic (exact) mass is 228 g/mol. The van der Waals surface area contributed by atoms with Gasteiger partial charge in [-0.15, -0.1) is 0 Å². The maximum absolute atomic E-state index is 13.0. The van der Waals surface area contributed by atoms with Crippen LogP contribution in [-0.2, 0) is 9.53 Å². The third-order valence-electron chi connectivity index (χ3n) is 1.76. The van der Waals surface area contributed by atoms with Gasteiger partial charge in [0.05, 0.1) is 7.11 Å². The molecule has 1 aromatic rings. The standard InChI is InChI=1S/C10H9FO5/c1-15-10(14)16-7-4-2-6(3-5-7)8(11)9(12)13/h2-5,8H,1H3,(H,12,13). The van der Waals surface area contributed by atoms with Crippen LogP contribution in [0.3, 0.4) is 0 Å². The van der Waals surface area contributed by atoms with E-state index in [-0.39, 0.29) is 11.3 Å². The minimum absolute atomic E-state index is 0.0234. The number of hydrogen-bond acceptors (Lipinski definition) is 4. The molecule has 0 aliphatic heterocycles. The molecule has 0 aliphatic carbocycles. The number of hydrogen-bond donors (Lipinski definition) is 1. The maximum Gasteiger partial charge on any atom is 0.513 e. The van der Waals surface area contributed by atoms with Crippen molar-refractivity contribution in [2.75, 3.05) is 7.11 Å². The Bertz CT molecular complexity index is 387. The lowest BCUT2D eigenvalue weighted by atomic mass is 10.1. The molecule has 0 aliphatic rings. The van der Waals surface area contributed by atoms with Crippen LogP contribution in [0.25, 0.3) is 0 Å². The Morgan fingerprint density at radius 1 is 1.31 bits per heavy atom. The molecular formula is C10H9FO5. The predicted molar refractivity (Wildman–Crippen MR) is 51.0 cm³/mol. The summed E-state index contributed by atoms with van der Waals surface area (Å²) in [4.78, 5) is 21.0. The third-order valence-corrected chi connectivity index (χ3v) is 1.76. The van der Waals surface area contributed by atoms with Crippen molar-refractivity contribution in [3.05, 3.63) is 29.8 Å². The van der Waals surface area contributed by atoms with Gasteiger partial charge in [-0.25, -0.2) is 14.0 Å². The van der Waals surface area contributed by atoms with Gasteiger partial charge in [-0.1, -0.05) is 12.1 Å². The maximum atomic E-state index is 13.0. The van der Waals surface area contributed by atoms with Crippen LogP contribution < -0.4 is 4.74 Å². The van der Waals surface area contributed by atoms with E-state index in [9.17, 15) is 14.0 Å². The van der Waals surface area contributed by atoms with Crippen molar-refractivity contribution in [1.29, 1.82) is 0 Å². The first-order valence-corrected chi connectivity index (χ1v) is 4.27. The molecule has 1 N–H and O–H groups in total. The van der Waals surface area contributed by atoms with Gasteiger partial charge in [0.2, 0.25) is 6.17 Å². The summed E-state index contributed by atoms with van der Waals surface area (Å²) in [7, 11) is 1.15. The van der Waals surface area contributed by atoms with E-state index >= 15 is 0 Å². The van der Waals surface area contributed by atoms with Crippen molar-refractivity contribution < 1.29 is 28.6 Å². The molecule has 0 fully saturated rings. The third kappa shape index (κ3) is 2.94. The molecule has 0 aromatic heterocycles. The molecule has 0 radical (unpaired) electrons. The number of rotatable bonds is 3. The van der Waals surface area contributed by atoms with Crippen LogP contribution in [0, 0.1) is 0 Å². The summed E-state index contributed by atoms with van der Waals surface area (Å²) in [6.45, 7) is 0. The van der Waals surface area contributed by atoms with E-state index in [1.54, 1.807) is 0 Å². The van der Waals surface area contributed by atoms with Gasteiger partial charge in [-0.3, -0.25) is 0 Å². The summed E-state index contributed by atoms with van der Waals surface area (Å²) in [5.41, 5.74) is -0.0234. The summed E-state index contributed by atoms with van der Waals surface area (Å²) < 4.78 is 21.9. The minimum atomic E-state index is -2.09. The first-order chi connectivity index (χ1) is 7.54. The van der Waals surface area contributed by atoms with E-state index in [1.165, 1.54) is 24.3 Å². The van der Waals surface area contributed by atoms with Crippen LogP contribution in [0.2, 0.25) is 0 Å². The quantitative estimate of drug-likeness (QED) is 0.632. The van der Waals surface area contributed by atoms with Gasteiger partial charge in [-0.2, -0.15) is 0 Å². The number of methoxy groups -OCH3 is 1. The van der Waals surface area contributed by atoms with Gasteiger partial charge in [0.25, 0.3) is 0 Å². The molecule has 0 heterocycles. The largest absolute Gasteiger partial charge is 0.513 e. The van der Waals surface area contributed by atoms with E-state index in [0.717, 1.165) is 7.11 Å². The zero-order valence-corrected chi connectivity index (χ0v) is 8.34. The molecule has 1 rings (SSSR count). The molecule has 1 unspecified atom stereocenters. The second kappa shape index (κ2) is 5.11. The SMILES string of the molecule is COC(=O)Oc1ccc(C(F)C(=O)O)cc1. The molecule has 0 amide bonds. The van der Waals surface area contributed by atoms with E-state index in [4.69, 9.17) is 5.11 Å². The number of carbonyl (C=O) groups is 2. The Hall–Kier alpha value is -2.11. The van der Waals surface area contributed by atoms with Crippen LogP contribution in [0.1, 0.15) is 11.7 Å². The van der Waals surface area contributed by atoms with Gasteiger partial charge in [0.1, 0.15) is 5.75 Å². The van der Waals surface area contributed by atoms with Crippen molar-refractivity contribution in [3.8, 4) is 5.75 Å². The van der Waals surface area contributed by atoms with Gasteiger partial charge < -0.3 is 14.6 Å². The summed E-state index contributed by atoms with van der Waals surface area (Å²) in [6, 6.07) is 5.00. The van der Waals surface area contributed by atoms with E-state index in [2.05, 4.69) is 9.47 Å². The molecule has 5 nitrogen and oxygen atoms in total. The average molecular weight is 228 g/mol. The number of carboxylic acids is 1. The van der Waals surface area contributed by atoms with Crippen LogP contribution in [-0.4, -0.2) is 24.3 Å². The Morgan fingerprint density at radius 2 is 1.88 bits per heavy atom. The van der Waals surface area contributed by atoms with Gasteiger partial charge in [0, 0.05) is 0 Å². The number of halogens is 1. The Labute approximate surface area is 90.4 Å². The molecule has 0 bridgehead atoms. The zero-order valence-electron chi connectivity index (χ0n) is 8.34. The molecule has 0 spiro atoms. The first-order valence-electron chi connectivity index (χ1n) is 4.27. The van der Waals surface area contributed by atoms with Crippen molar-refractivity contribution in [1.82, 2.24) is 0 Å². The van der Waals surface area contributed by atoms with Gasteiger partial charge in [0.15, 0.2) is 0 Å². The second-order valence-corrected chi connectivity index (χ2v) is 2.83. The Kier molecular flexibility index (Phi) is 3.82. The molecular weight excluding hydrogens is 219 g/mol. The van der Waals surface area contributed by atoms with E-state index in [0.29, 0.717) is 0 Å². The molecule has 6 heteroatoms. The average Bonchev–Trinajstić information content (AvgIpc) is 2.28. The van der Waals surface area contributed by atoms with Crippen molar-refractivity contribution in [2.24, 2.45) is 0 Å². The first kappa shape index (κ1) is 12.0. The highest BCUT2D eigenvalue weighted by Crippen LogP contribution is 2.21. The van der Waals surface area contributed by atoms with Crippen molar-refractivity contribution in [3.63, 3.8) is 0 Å². The summed E-state index contributed by atoms with van der Waals surface area (Å²) in [5, 5.41) is 8.41. The molecule has 1 aromatic carbocycles. The number of carbonyl (C=O) groups excluding carboxylic acids is 1. The highest BCUT2D eigenvalue weighted by Gasteiger charge is 2.18. The number of alkyl halides is 1. The molecule has 0 saturated heterocycles. The van der Waals surface area contributed by atoms with Gasteiger partial charge in [-0.05, 0) is 17.7 Å². The molecule has 86 valence electrons. The van der Waals surface area contributed by atoms with Crippen molar-refractivity contribution >= 4 is 12.1 Å². The molecule has 0 saturated carbocycles. The molecule has 16 heavy (non-hydrogen) atoms. The van der Waals surface area contributed by atoms with Crippen LogP contribution >= 0.6 is 0 Å². The fourth-order valence-corrected chi connectivity index (χ4v) is 0.985. The Balaban J connectivity index is 2.75. The lowest BCUT2D eigenvalue weighted by Gasteiger charge is -2.05. The molecule has 1 atom stereocenters. The summed E-state index contributed by atoms with van der Waals surface area (Å²) in [5.74, 6) is -1.42. The minimum Gasteiger partial charge on any atom is -0.479 e. The van der Waals surface area contributed by atoms with Crippen LogP contribution in [0.15, 0.2) is 24.3 Å². The van der Waals surface area contributed by atoms with E-state index < -0.39 is 18.3 Å². The van der Waals surface area contributed by atoms with Crippen molar-refractivity contribution in [2.45, 2.75) is 6.17 Å². The lowest BCUT2D eigenvalue weighted by Crippen LogP contribution is -2.08. The number of carboxylic acid groups (broad SMARTS) is 1. The zero-order chi connectivity index (χ0) is 12.1. The Morgan fingerprint density at radius 3 is 2.31 bits per heavy atom. The lowest BCUT2D eigenvalue weighted by molar-refractivity contribution is -0.143. The second-order valence-electron chi connectivity index (χ2n) is 2.83. The topological polar surface area (TPSA) is 72.8 Å². The predicted octanol–water partition coefficient (Wildman–Crippen LogP) is 1.93. The number of aliphatic carboxylic acids is 1. The number of ether oxygens (including phenoxy) is 2. The fourth-order valence-electron chi connectivity index (χ4n) is 0.985. The highest BCUT2D eigenvalue weighted by atomic mass is 19.1. The van der Waals surface area contributed by atoms with Gasteiger partial charge >= 0.3 is 12.1 Å². The summed E-state index contributed by atoms with van der Waals surface area (Å²) >= 11 is 0. The highest BCUT2D eigenvalue weighted by molar-refractivity contribution is 5.74. The van der Waals surface area contributed by atoms with E-state index in [1.807, 2.05) is 0 Å². The summed E-state index contributed by atoms with van der Waals surface area (Å²) in [6.07, 6.45) is -2.99. The normalized spacial score (nSPS) is 11.6. The smallest absolute Gasteiger partial charge is 0.479 e. The number of benzene rings is 1. The van der Waals surface area contributed by atoms with Crippen LogP contribution in [0.5, 0.6) is 5.75 Å². The van der Waals surface area contributed by atoms with Crippen LogP contribution in [0.4, 0.5) is 9.18 Å². The fraction of sp³-hybridized carbons (Fsp3) is 0.200.